The molecule has 4 rings (SSSR count). The number of benzene rings is 1. The maximum Gasteiger partial charge on any atom is 0.412 e. The SMILES string of the molecule is CCOC(=O)NC(=N)c1cc(C)ccc1CN1CCC(N2CCN(c3nc(N)c(C(=O)NCCCS(C)(=O)=O)nc3Cl)C[C@@H]2CC)CC1. The maximum atomic E-state index is 12.6. The van der Waals surface area contributed by atoms with Crippen molar-refractivity contribution < 1.29 is 22.7 Å². The highest BCUT2D eigenvalue weighted by Crippen LogP contribution is 2.30. The minimum absolute atomic E-state index is 0.0265. The number of nitrogen functional groups attached to an aromatic ring is 1. The Labute approximate surface area is 288 Å². The van der Waals surface area contributed by atoms with E-state index in [2.05, 4.69) is 42.2 Å². The number of nitrogens with two attached hydrogens (primary N) is 1. The lowest BCUT2D eigenvalue weighted by atomic mass is 9.97. The number of sulfone groups is 1. The fourth-order valence-electron chi connectivity index (χ4n) is 6.36. The van der Waals surface area contributed by atoms with E-state index in [0.717, 1.165) is 56.3 Å². The molecule has 5 N–H and O–H groups in total. The molecule has 0 unspecified atom stereocenters. The average molecular weight is 706 g/mol. The van der Waals surface area contributed by atoms with Gasteiger partial charge in [0.1, 0.15) is 15.7 Å². The Hall–Kier alpha value is -3.53. The number of hydrogen-bond acceptors (Lipinski definition) is 12. The Morgan fingerprint density at radius 2 is 1.88 bits per heavy atom. The molecule has 16 heteroatoms. The first-order valence-corrected chi connectivity index (χ1v) is 18.9. The van der Waals surface area contributed by atoms with Gasteiger partial charge in [0, 0.05) is 56.6 Å². The Kier molecular flexibility index (Phi) is 13.0. The molecule has 48 heavy (non-hydrogen) atoms. The summed E-state index contributed by atoms with van der Waals surface area (Å²) in [4.78, 5) is 40.4. The Bertz CT molecular complexity index is 1580. The molecule has 1 atom stereocenters. The van der Waals surface area contributed by atoms with E-state index in [-0.39, 0.29) is 53.9 Å². The first kappa shape index (κ1) is 37.3. The minimum Gasteiger partial charge on any atom is -0.450 e. The van der Waals surface area contributed by atoms with Crippen molar-refractivity contribution in [1.82, 2.24) is 30.4 Å². The van der Waals surface area contributed by atoms with Crippen molar-refractivity contribution >= 4 is 50.9 Å². The fourth-order valence-corrected chi connectivity index (χ4v) is 7.28. The third-order valence-corrected chi connectivity index (χ3v) is 10.1. The van der Waals surface area contributed by atoms with Crippen molar-refractivity contribution in [3.63, 3.8) is 0 Å². The number of aryl methyl sites for hydroxylation is 1. The number of likely N-dealkylation sites (tertiary alicyclic amines) is 1. The number of aromatic nitrogens is 2. The molecule has 0 aliphatic carbocycles. The average Bonchev–Trinajstić information content (AvgIpc) is 3.04. The third-order valence-electron chi connectivity index (χ3n) is 8.81. The first-order valence-electron chi connectivity index (χ1n) is 16.4. The van der Waals surface area contributed by atoms with Crippen LogP contribution in [-0.4, -0.2) is 116 Å². The van der Waals surface area contributed by atoms with Crippen molar-refractivity contribution in [2.75, 3.05) is 68.5 Å². The van der Waals surface area contributed by atoms with Gasteiger partial charge in [-0.15, -0.1) is 0 Å². The van der Waals surface area contributed by atoms with Crippen LogP contribution in [0.25, 0.3) is 0 Å². The summed E-state index contributed by atoms with van der Waals surface area (Å²) in [6, 6.07) is 6.69. The lowest BCUT2D eigenvalue weighted by molar-refractivity contribution is 0.0610. The van der Waals surface area contributed by atoms with E-state index in [0.29, 0.717) is 37.1 Å². The molecular weight excluding hydrogens is 658 g/mol. The van der Waals surface area contributed by atoms with Crippen molar-refractivity contribution in [2.45, 2.75) is 65.1 Å². The van der Waals surface area contributed by atoms with Crippen LogP contribution in [-0.2, 0) is 21.1 Å². The van der Waals surface area contributed by atoms with E-state index >= 15 is 0 Å². The topological polar surface area (TPSA) is 187 Å². The van der Waals surface area contributed by atoms with Crippen LogP contribution in [0.2, 0.25) is 5.15 Å². The Morgan fingerprint density at radius 3 is 2.54 bits per heavy atom. The Balaban J connectivity index is 1.33. The molecule has 2 amide bonds. The number of piperazine rings is 1. The molecule has 2 fully saturated rings. The molecule has 14 nitrogen and oxygen atoms in total. The second-order valence-electron chi connectivity index (χ2n) is 12.4. The molecule has 0 bridgehead atoms. The van der Waals surface area contributed by atoms with Crippen molar-refractivity contribution in [2.24, 2.45) is 0 Å². The third kappa shape index (κ3) is 10.00. The summed E-state index contributed by atoms with van der Waals surface area (Å²) in [7, 11) is -3.12. The smallest absolute Gasteiger partial charge is 0.412 e. The minimum atomic E-state index is -3.12. The second kappa shape index (κ2) is 16.7. The number of anilines is 2. The molecular formula is C32H48ClN9O5S. The van der Waals surface area contributed by atoms with Gasteiger partial charge >= 0.3 is 6.09 Å². The summed E-state index contributed by atoms with van der Waals surface area (Å²) < 4.78 is 27.6. The number of alkyl carbamates (subject to hydrolysis) is 1. The van der Waals surface area contributed by atoms with Gasteiger partial charge in [-0.05, 0) is 64.3 Å². The van der Waals surface area contributed by atoms with Crippen LogP contribution in [0.15, 0.2) is 18.2 Å². The highest BCUT2D eigenvalue weighted by molar-refractivity contribution is 7.90. The molecule has 0 radical (unpaired) electrons. The summed E-state index contributed by atoms with van der Waals surface area (Å²) in [6.45, 7) is 11.0. The highest BCUT2D eigenvalue weighted by Gasteiger charge is 2.34. The normalized spacial score (nSPS) is 18.0. The van der Waals surface area contributed by atoms with Gasteiger partial charge in [-0.1, -0.05) is 36.2 Å². The molecule has 1 aromatic heterocycles. The van der Waals surface area contributed by atoms with Crippen LogP contribution in [0.3, 0.4) is 0 Å². The number of rotatable bonds is 12. The van der Waals surface area contributed by atoms with Gasteiger partial charge in [-0.3, -0.25) is 25.3 Å². The number of ether oxygens (including phenoxy) is 1. The van der Waals surface area contributed by atoms with Gasteiger partial charge in [-0.25, -0.2) is 23.2 Å². The number of carbonyl (C=O) groups excluding carboxylic acids is 2. The van der Waals surface area contributed by atoms with Crippen LogP contribution in [0.1, 0.15) is 66.7 Å². The van der Waals surface area contributed by atoms with E-state index in [4.69, 9.17) is 27.5 Å². The van der Waals surface area contributed by atoms with Crippen molar-refractivity contribution in [3.05, 3.63) is 45.7 Å². The molecule has 264 valence electrons. The van der Waals surface area contributed by atoms with E-state index in [9.17, 15) is 18.0 Å². The number of halogens is 1. The van der Waals surface area contributed by atoms with E-state index in [1.807, 2.05) is 25.1 Å². The second-order valence-corrected chi connectivity index (χ2v) is 15.1. The summed E-state index contributed by atoms with van der Waals surface area (Å²) in [5.41, 5.74) is 8.79. The van der Waals surface area contributed by atoms with Gasteiger partial charge in [0.25, 0.3) is 5.91 Å². The van der Waals surface area contributed by atoms with Crippen LogP contribution >= 0.6 is 11.6 Å². The molecule has 3 heterocycles. The molecule has 0 spiro atoms. The standard InChI is InChI=1S/C32H48ClN9O5S/c1-5-23-20-41(30-27(33)37-26(29(35)38-30)31(43)36-12-7-17-48(4,45)46)15-16-42(23)24-10-13-40(14-11-24)19-22-9-8-21(3)18-25(22)28(34)39-32(44)47-6-2/h8-9,18,23-24H,5-7,10-17,19-20H2,1-4H3,(H2,35,38)(H,36,43)(H2,34,39,44)/t23-/m0/s1. The zero-order valence-electron chi connectivity index (χ0n) is 28.2. The fraction of sp³-hybridized carbons (Fsp3) is 0.594. The van der Waals surface area contributed by atoms with Gasteiger partial charge in [0.05, 0.1) is 12.4 Å². The van der Waals surface area contributed by atoms with E-state index < -0.39 is 21.8 Å². The number of amides is 2. The van der Waals surface area contributed by atoms with Crippen LogP contribution in [0.5, 0.6) is 0 Å². The van der Waals surface area contributed by atoms with Crippen LogP contribution in [0.4, 0.5) is 16.4 Å². The number of nitrogens with zero attached hydrogens (tertiary/aromatic N) is 5. The zero-order chi connectivity index (χ0) is 35.0. The molecule has 0 saturated carbocycles. The number of carbonyl (C=O) groups is 2. The predicted molar refractivity (Wildman–Crippen MR) is 188 cm³/mol. The van der Waals surface area contributed by atoms with Crippen LogP contribution in [0, 0.1) is 12.3 Å². The Morgan fingerprint density at radius 1 is 1.15 bits per heavy atom. The van der Waals surface area contributed by atoms with E-state index in [1.165, 1.54) is 0 Å². The molecule has 2 aliphatic heterocycles. The maximum absolute atomic E-state index is 12.6. The summed E-state index contributed by atoms with van der Waals surface area (Å²) >= 11 is 6.55. The number of amidine groups is 1. The quantitative estimate of drug-likeness (QED) is 0.145. The van der Waals surface area contributed by atoms with Crippen molar-refractivity contribution in [1.29, 1.82) is 5.41 Å². The largest absolute Gasteiger partial charge is 0.450 e. The number of piperidine rings is 1. The summed E-state index contributed by atoms with van der Waals surface area (Å²) in [5.74, 6) is -0.114. The van der Waals surface area contributed by atoms with Crippen LogP contribution < -0.4 is 21.3 Å². The molecule has 2 aromatic rings. The molecule has 2 aliphatic rings. The van der Waals surface area contributed by atoms with Crippen molar-refractivity contribution in [3.8, 4) is 0 Å². The predicted octanol–water partition coefficient (Wildman–Crippen LogP) is 2.82. The van der Waals surface area contributed by atoms with Gasteiger partial charge in [-0.2, -0.15) is 0 Å². The number of nitrogens with one attached hydrogen (secondary N) is 3. The number of hydrogen-bond donors (Lipinski definition) is 4. The van der Waals surface area contributed by atoms with E-state index in [1.54, 1.807) is 6.92 Å². The molecule has 1 aromatic carbocycles. The van der Waals surface area contributed by atoms with Gasteiger partial charge in [0.15, 0.2) is 22.5 Å². The summed E-state index contributed by atoms with van der Waals surface area (Å²) in [6.07, 6.45) is 3.76. The summed E-state index contributed by atoms with van der Waals surface area (Å²) in [5, 5.41) is 13.8. The monoisotopic (exact) mass is 705 g/mol. The lowest BCUT2D eigenvalue weighted by Gasteiger charge is -2.47. The van der Waals surface area contributed by atoms with Gasteiger partial charge in [0.2, 0.25) is 0 Å². The zero-order valence-corrected chi connectivity index (χ0v) is 29.8. The first-order chi connectivity index (χ1) is 22.8. The van der Waals surface area contributed by atoms with Gasteiger partial charge < -0.3 is 20.7 Å². The molecule has 2 saturated heterocycles. The highest BCUT2D eigenvalue weighted by atomic mass is 35.5. The lowest BCUT2D eigenvalue weighted by Crippen LogP contribution is -2.58.